The zero-order valence-electron chi connectivity index (χ0n) is 11.9. The van der Waals surface area contributed by atoms with E-state index in [0.29, 0.717) is 6.54 Å². The Labute approximate surface area is 121 Å². The number of hydrogen-bond acceptors (Lipinski definition) is 2. The molecule has 0 amide bonds. The van der Waals surface area contributed by atoms with E-state index < -0.39 is 0 Å². The van der Waals surface area contributed by atoms with Crippen LogP contribution in [0, 0.1) is 5.92 Å². The minimum atomic E-state index is 0.695. The van der Waals surface area contributed by atoms with Gasteiger partial charge in [0.1, 0.15) is 0 Å². The Balaban J connectivity index is 2.07. The first-order valence-corrected chi connectivity index (χ1v) is 7.85. The fourth-order valence-corrected chi connectivity index (χ4v) is 3.24. The number of benzene rings is 1. The fourth-order valence-electron chi connectivity index (χ4n) is 3.07. The number of anilines is 1. The molecule has 2 rings (SSSR count). The number of rotatable bonds is 5. The Hall–Kier alpha value is -0.730. The molecule has 1 aliphatic heterocycles. The largest absolute Gasteiger partial charge is 0.371 e. The molecule has 2 N–H and O–H groups in total. The van der Waals surface area contributed by atoms with Crippen molar-refractivity contribution in [2.75, 3.05) is 24.5 Å². The summed E-state index contributed by atoms with van der Waals surface area (Å²) in [5.74, 6) is 0.915. The van der Waals surface area contributed by atoms with Crippen molar-refractivity contribution in [1.82, 2.24) is 0 Å². The lowest BCUT2D eigenvalue weighted by Crippen LogP contribution is -2.34. The maximum Gasteiger partial charge on any atom is 0.0426 e. The highest BCUT2D eigenvalue weighted by molar-refractivity contribution is 6.30. The van der Waals surface area contributed by atoms with Crippen LogP contribution < -0.4 is 10.6 Å². The van der Waals surface area contributed by atoms with E-state index in [1.165, 1.54) is 36.9 Å². The maximum atomic E-state index is 6.16. The molecule has 0 unspecified atom stereocenters. The molecule has 0 aromatic heterocycles. The molecule has 1 heterocycles. The average Bonchev–Trinajstić information content (AvgIpc) is 2.42. The van der Waals surface area contributed by atoms with E-state index in [0.717, 1.165) is 30.5 Å². The number of halogens is 1. The normalized spacial score (nSPS) is 16.9. The monoisotopic (exact) mass is 280 g/mol. The Morgan fingerprint density at radius 2 is 2.05 bits per heavy atom. The van der Waals surface area contributed by atoms with Gasteiger partial charge in [0.05, 0.1) is 0 Å². The van der Waals surface area contributed by atoms with Crippen LogP contribution in [-0.4, -0.2) is 19.6 Å². The van der Waals surface area contributed by atoms with Crippen LogP contribution in [0.25, 0.3) is 0 Å². The molecule has 0 spiro atoms. The van der Waals surface area contributed by atoms with Gasteiger partial charge in [-0.25, -0.2) is 0 Å². The van der Waals surface area contributed by atoms with E-state index in [1.807, 2.05) is 6.07 Å². The highest BCUT2D eigenvalue weighted by Gasteiger charge is 2.20. The van der Waals surface area contributed by atoms with Crippen LogP contribution in [0.3, 0.4) is 0 Å². The van der Waals surface area contributed by atoms with Crippen molar-refractivity contribution in [1.29, 1.82) is 0 Å². The van der Waals surface area contributed by atoms with Crippen LogP contribution in [0.2, 0.25) is 5.02 Å². The van der Waals surface area contributed by atoms with Gasteiger partial charge in [-0.05, 0) is 49.4 Å². The second-order valence-electron chi connectivity index (χ2n) is 5.53. The van der Waals surface area contributed by atoms with Crippen molar-refractivity contribution in [3.8, 4) is 0 Å². The molecule has 0 radical (unpaired) electrons. The highest BCUT2D eigenvalue weighted by atomic mass is 35.5. The molecule has 0 atom stereocenters. The van der Waals surface area contributed by atoms with Crippen LogP contribution in [0.1, 0.15) is 38.2 Å². The Morgan fingerprint density at radius 3 is 2.68 bits per heavy atom. The van der Waals surface area contributed by atoms with Gasteiger partial charge in [-0.3, -0.25) is 0 Å². The van der Waals surface area contributed by atoms with Gasteiger partial charge in [0.25, 0.3) is 0 Å². The third kappa shape index (κ3) is 3.87. The van der Waals surface area contributed by atoms with Crippen molar-refractivity contribution >= 4 is 17.3 Å². The number of piperidine rings is 1. The van der Waals surface area contributed by atoms with Gasteiger partial charge in [-0.15, -0.1) is 0 Å². The SMILES string of the molecule is CCCC1CCN(c2cc(Cl)ccc2CCN)CC1. The van der Waals surface area contributed by atoms with E-state index in [-0.39, 0.29) is 0 Å². The first-order valence-electron chi connectivity index (χ1n) is 7.48. The second kappa shape index (κ2) is 7.16. The molecule has 0 aliphatic carbocycles. The predicted octanol–water partition coefficient (Wildman–Crippen LogP) is 3.86. The van der Waals surface area contributed by atoms with Crippen molar-refractivity contribution in [2.45, 2.75) is 39.0 Å². The topological polar surface area (TPSA) is 29.3 Å². The summed E-state index contributed by atoms with van der Waals surface area (Å²) in [7, 11) is 0. The number of nitrogens with zero attached hydrogens (tertiary/aromatic N) is 1. The average molecular weight is 281 g/mol. The number of hydrogen-bond donors (Lipinski definition) is 1. The molecular formula is C16H25ClN2. The lowest BCUT2D eigenvalue weighted by molar-refractivity contribution is 0.378. The predicted molar refractivity (Wildman–Crippen MR) is 84.1 cm³/mol. The molecule has 1 saturated heterocycles. The van der Waals surface area contributed by atoms with E-state index in [2.05, 4.69) is 24.0 Å². The van der Waals surface area contributed by atoms with E-state index in [9.17, 15) is 0 Å². The molecule has 0 bridgehead atoms. The summed E-state index contributed by atoms with van der Waals surface area (Å²) in [4.78, 5) is 2.49. The molecule has 1 fully saturated rings. The Bertz CT molecular complexity index is 398. The Kier molecular flexibility index (Phi) is 5.53. The lowest BCUT2D eigenvalue weighted by atomic mass is 9.92. The molecule has 1 aliphatic rings. The third-order valence-electron chi connectivity index (χ3n) is 4.11. The van der Waals surface area contributed by atoms with Crippen LogP contribution in [-0.2, 0) is 6.42 Å². The first-order chi connectivity index (χ1) is 9.24. The third-order valence-corrected chi connectivity index (χ3v) is 4.35. The summed E-state index contributed by atoms with van der Waals surface area (Å²) in [5, 5.41) is 0.825. The van der Waals surface area contributed by atoms with E-state index in [4.69, 9.17) is 17.3 Å². The van der Waals surface area contributed by atoms with E-state index in [1.54, 1.807) is 0 Å². The minimum Gasteiger partial charge on any atom is -0.371 e. The van der Waals surface area contributed by atoms with Gasteiger partial charge in [0.2, 0.25) is 0 Å². The second-order valence-corrected chi connectivity index (χ2v) is 5.97. The fraction of sp³-hybridized carbons (Fsp3) is 0.625. The van der Waals surface area contributed by atoms with Crippen LogP contribution in [0.5, 0.6) is 0 Å². The standard InChI is InChI=1S/C16H25ClN2/c1-2-3-13-7-10-19(11-8-13)16-12-15(17)5-4-14(16)6-9-18/h4-5,12-13H,2-3,6-11,18H2,1H3. The maximum absolute atomic E-state index is 6.16. The van der Waals surface area contributed by atoms with Gasteiger partial charge in [-0.2, -0.15) is 0 Å². The highest BCUT2D eigenvalue weighted by Crippen LogP contribution is 2.30. The smallest absolute Gasteiger partial charge is 0.0426 e. The van der Waals surface area contributed by atoms with Crippen LogP contribution in [0.4, 0.5) is 5.69 Å². The van der Waals surface area contributed by atoms with Gasteiger partial charge in [0.15, 0.2) is 0 Å². The Morgan fingerprint density at radius 1 is 1.32 bits per heavy atom. The quantitative estimate of drug-likeness (QED) is 0.887. The van der Waals surface area contributed by atoms with Gasteiger partial charge in [-0.1, -0.05) is 37.4 Å². The zero-order valence-corrected chi connectivity index (χ0v) is 12.6. The summed E-state index contributed by atoms with van der Waals surface area (Å²) < 4.78 is 0. The summed E-state index contributed by atoms with van der Waals surface area (Å²) in [6, 6.07) is 6.20. The molecule has 1 aromatic rings. The number of nitrogens with two attached hydrogens (primary N) is 1. The molecule has 3 heteroatoms. The summed E-state index contributed by atoms with van der Waals surface area (Å²) >= 11 is 6.16. The molecule has 0 saturated carbocycles. The van der Waals surface area contributed by atoms with Gasteiger partial charge < -0.3 is 10.6 Å². The summed E-state index contributed by atoms with van der Waals surface area (Å²) in [5.41, 5.74) is 8.34. The first kappa shape index (κ1) is 14.7. The molecule has 1 aromatic carbocycles. The van der Waals surface area contributed by atoms with Crippen molar-refractivity contribution in [3.05, 3.63) is 28.8 Å². The van der Waals surface area contributed by atoms with Crippen molar-refractivity contribution < 1.29 is 0 Å². The molecule has 106 valence electrons. The summed E-state index contributed by atoms with van der Waals surface area (Å²) in [6.45, 7) is 5.29. The van der Waals surface area contributed by atoms with Crippen LogP contribution >= 0.6 is 11.6 Å². The van der Waals surface area contributed by atoms with Crippen molar-refractivity contribution in [3.63, 3.8) is 0 Å². The zero-order chi connectivity index (χ0) is 13.7. The minimum absolute atomic E-state index is 0.695. The molecular weight excluding hydrogens is 256 g/mol. The van der Waals surface area contributed by atoms with Crippen LogP contribution in [0.15, 0.2) is 18.2 Å². The van der Waals surface area contributed by atoms with Gasteiger partial charge in [0, 0.05) is 23.8 Å². The lowest BCUT2D eigenvalue weighted by Gasteiger charge is -2.35. The molecule has 19 heavy (non-hydrogen) atoms. The van der Waals surface area contributed by atoms with Crippen molar-refractivity contribution in [2.24, 2.45) is 11.7 Å². The van der Waals surface area contributed by atoms with Gasteiger partial charge >= 0.3 is 0 Å². The summed E-state index contributed by atoms with van der Waals surface area (Å²) in [6.07, 6.45) is 6.23. The van der Waals surface area contributed by atoms with E-state index >= 15 is 0 Å². The molecule has 2 nitrogen and oxygen atoms in total.